The van der Waals surface area contributed by atoms with Crippen LogP contribution in [0, 0.1) is 5.92 Å². The zero-order chi connectivity index (χ0) is 27.8. The van der Waals surface area contributed by atoms with Crippen LogP contribution in [0.3, 0.4) is 0 Å². The molecule has 206 valence electrons. The molecule has 1 fully saturated rings. The predicted octanol–water partition coefficient (Wildman–Crippen LogP) is 4.60. The standard InChI is InChI=1S/C29H37NO8/c1-7-36-20-10-11-21(23(16-20)37-8-2)27(31)25-26(30(13-14-34-5)29(33)28(25)32)19-9-12-22(35-6)24(15-19)38-17-18(3)4/h9-12,15-16,18,26,31H,7-8,13-14,17H2,1-6H3/b27-25+. The van der Waals surface area contributed by atoms with Gasteiger partial charge in [-0.25, -0.2) is 0 Å². The van der Waals surface area contributed by atoms with Gasteiger partial charge < -0.3 is 33.7 Å². The van der Waals surface area contributed by atoms with E-state index in [1.54, 1.807) is 43.5 Å². The molecule has 38 heavy (non-hydrogen) atoms. The van der Waals surface area contributed by atoms with E-state index >= 15 is 0 Å². The monoisotopic (exact) mass is 527 g/mol. The van der Waals surface area contributed by atoms with E-state index in [4.69, 9.17) is 23.7 Å². The van der Waals surface area contributed by atoms with Gasteiger partial charge >= 0.3 is 0 Å². The number of aliphatic hydroxyl groups excluding tert-OH is 1. The zero-order valence-corrected chi connectivity index (χ0v) is 22.9. The molecule has 1 atom stereocenters. The second kappa shape index (κ2) is 13.2. The van der Waals surface area contributed by atoms with E-state index in [9.17, 15) is 14.7 Å². The Labute approximate surface area is 223 Å². The molecule has 2 aromatic rings. The molecule has 1 aliphatic heterocycles. The second-order valence-electron chi connectivity index (χ2n) is 9.12. The first-order chi connectivity index (χ1) is 18.3. The fourth-order valence-corrected chi connectivity index (χ4v) is 4.25. The maximum atomic E-state index is 13.4. The predicted molar refractivity (Wildman–Crippen MR) is 143 cm³/mol. The Balaban J connectivity index is 2.20. The van der Waals surface area contributed by atoms with E-state index in [-0.39, 0.29) is 36.0 Å². The highest BCUT2D eigenvalue weighted by molar-refractivity contribution is 6.46. The van der Waals surface area contributed by atoms with Gasteiger partial charge in [-0.2, -0.15) is 0 Å². The number of hydrogen-bond donors (Lipinski definition) is 1. The fourth-order valence-electron chi connectivity index (χ4n) is 4.25. The van der Waals surface area contributed by atoms with Crippen LogP contribution in [0.4, 0.5) is 0 Å². The second-order valence-corrected chi connectivity index (χ2v) is 9.12. The summed E-state index contributed by atoms with van der Waals surface area (Å²) < 4.78 is 28.0. The van der Waals surface area contributed by atoms with Gasteiger partial charge in [-0.3, -0.25) is 9.59 Å². The van der Waals surface area contributed by atoms with E-state index in [2.05, 4.69) is 0 Å². The number of hydrogen-bond acceptors (Lipinski definition) is 8. The normalized spacial score (nSPS) is 16.7. The number of methoxy groups -OCH3 is 2. The highest BCUT2D eigenvalue weighted by Gasteiger charge is 2.46. The van der Waals surface area contributed by atoms with Gasteiger partial charge in [0.2, 0.25) is 0 Å². The number of aliphatic hydroxyl groups is 1. The number of Topliss-reactive ketones (excluding diaryl/α,β-unsaturated/α-hetero) is 1. The van der Waals surface area contributed by atoms with Crippen LogP contribution >= 0.6 is 0 Å². The SMILES string of the molecule is CCOc1ccc(/C(O)=C2\C(=O)C(=O)N(CCOC)C2c2ccc(OC)c(OCC(C)C)c2)c(OCC)c1. The summed E-state index contributed by atoms with van der Waals surface area (Å²) in [5.41, 5.74) is 0.830. The summed E-state index contributed by atoms with van der Waals surface area (Å²) in [6.45, 7) is 9.35. The lowest BCUT2D eigenvalue weighted by molar-refractivity contribution is -0.140. The lowest BCUT2D eigenvalue weighted by Crippen LogP contribution is -2.32. The van der Waals surface area contributed by atoms with Gasteiger partial charge in [0.1, 0.15) is 17.3 Å². The van der Waals surface area contributed by atoms with Crippen molar-refractivity contribution < 1.29 is 38.4 Å². The van der Waals surface area contributed by atoms with E-state index in [1.165, 1.54) is 12.0 Å². The summed E-state index contributed by atoms with van der Waals surface area (Å²) in [4.78, 5) is 28.0. The van der Waals surface area contributed by atoms with Crippen LogP contribution < -0.4 is 18.9 Å². The molecular formula is C29H37NO8. The Morgan fingerprint density at radius 3 is 2.32 bits per heavy atom. The Morgan fingerprint density at radius 2 is 1.68 bits per heavy atom. The molecule has 9 nitrogen and oxygen atoms in total. The number of rotatable bonds is 13. The maximum Gasteiger partial charge on any atom is 0.295 e. The number of ketones is 1. The van der Waals surface area contributed by atoms with Crippen molar-refractivity contribution in [3.8, 4) is 23.0 Å². The number of amides is 1. The van der Waals surface area contributed by atoms with Crippen LogP contribution in [0.5, 0.6) is 23.0 Å². The molecule has 1 aliphatic rings. The van der Waals surface area contributed by atoms with Gasteiger partial charge in [0.05, 0.1) is 50.7 Å². The zero-order valence-electron chi connectivity index (χ0n) is 22.9. The van der Waals surface area contributed by atoms with E-state index in [0.717, 1.165) is 0 Å². The third-order valence-electron chi connectivity index (χ3n) is 5.97. The van der Waals surface area contributed by atoms with Crippen molar-refractivity contribution in [2.24, 2.45) is 5.92 Å². The van der Waals surface area contributed by atoms with Crippen molar-refractivity contribution in [1.82, 2.24) is 4.90 Å². The largest absolute Gasteiger partial charge is 0.507 e. The number of nitrogens with zero attached hydrogens (tertiary/aromatic N) is 1. The molecule has 3 rings (SSSR count). The molecule has 1 N–H and O–H groups in total. The molecule has 1 unspecified atom stereocenters. The summed E-state index contributed by atoms with van der Waals surface area (Å²) >= 11 is 0. The van der Waals surface area contributed by atoms with E-state index < -0.39 is 17.7 Å². The molecule has 0 aromatic heterocycles. The van der Waals surface area contributed by atoms with Gasteiger partial charge in [0, 0.05) is 19.7 Å². The minimum absolute atomic E-state index is 0.0452. The molecule has 1 amide bonds. The quantitative estimate of drug-likeness (QED) is 0.229. The van der Waals surface area contributed by atoms with Crippen molar-refractivity contribution in [3.05, 3.63) is 53.1 Å². The first-order valence-electron chi connectivity index (χ1n) is 12.7. The average Bonchev–Trinajstić information content (AvgIpc) is 3.15. The highest BCUT2D eigenvalue weighted by Crippen LogP contribution is 2.43. The minimum Gasteiger partial charge on any atom is -0.507 e. The Bertz CT molecular complexity index is 1170. The molecular weight excluding hydrogens is 490 g/mol. The number of carbonyl (C=O) groups excluding carboxylic acids is 2. The van der Waals surface area contributed by atoms with Crippen molar-refractivity contribution in [2.45, 2.75) is 33.7 Å². The molecule has 1 heterocycles. The first kappa shape index (κ1) is 28.8. The van der Waals surface area contributed by atoms with E-state index in [0.29, 0.717) is 48.4 Å². The Kier molecular flexibility index (Phi) is 10.0. The van der Waals surface area contributed by atoms with Crippen molar-refractivity contribution in [1.29, 1.82) is 0 Å². The molecule has 2 aromatic carbocycles. The first-order valence-corrected chi connectivity index (χ1v) is 12.7. The number of ether oxygens (including phenoxy) is 5. The van der Waals surface area contributed by atoms with Gasteiger partial charge in [0.15, 0.2) is 11.5 Å². The van der Waals surface area contributed by atoms with Gasteiger partial charge in [0.25, 0.3) is 11.7 Å². The Morgan fingerprint density at radius 1 is 0.947 bits per heavy atom. The van der Waals surface area contributed by atoms with Gasteiger partial charge in [-0.15, -0.1) is 0 Å². The third kappa shape index (κ3) is 6.22. The summed E-state index contributed by atoms with van der Waals surface area (Å²) in [7, 11) is 3.06. The molecule has 1 saturated heterocycles. The van der Waals surface area contributed by atoms with Crippen molar-refractivity contribution in [2.75, 3.05) is 47.2 Å². The van der Waals surface area contributed by atoms with Crippen LogP contribution in [-0.4, -0.2) is 68.9 Å². The summed E-state index contributed by atoms with van der Waals surface area (Å²) in [5, 5.41) is 11.5. The average molecular weight is 528 g/mol. The number of carbonyl (C=O) groups is 2. The Hall–Kier alpha value is -3.72. The summed E-state index contributed by atoms with van der Waals surface area (Å²) in [6, 6.07) is 9.31. The summed E-state index contributed by atoms with van der Waals surface area (Å²) in [6.07, 6.45) is 0. The smallest absolute Gasteiger partial charge is 0.295 e. The molecule has 9 heteroatoms. The molecule has 0 spiro atoms. The van der Waals surface area contributed by atoms with Crippen LogP contribution in [0.1, 0.15) is 44.9 Å². The van der Waals surface area contributed by atoms with Crippen LogP contribution in [0.2, 0.25) is 0 Å². The van der Waals surface area contributed by atoms with Crippen molar-refractivity contribution in [3.63, 3.8) is 0 Å². The number of benzene rings is 2. The lowest BCUT2D eigenvalue weighted by Gasteiger charge is -2.26. The fraction of sp³-hybridized carbons (Fsp3) is 0.448. The van der Waals surface area contributed by atoms with Crippen LogP contribution in [-0.2, 0) is 14.3 Å². The third-order valence-corrected chi connectivity index (χ3v) is 5.97. The van der Waals surface area contributed by atoms with Crippen LogP contribution in [0.25, 0.3) is 5.76 Å². The maximum absolute atomic E-state index is 13.4. The summed E-state index contributed by atoms with van der Waals surface area (Å²) in [5.74, 6) is 0.326. The van der Waals surface area contributed by atoms with Crippen LogP contribution in [0.15, 0.2) is 42.0 Å². The minimum atomic E-state index is -0.876. The van der Waals surface area contributed by atoms with Crippen molar-refractivity contribution >= 4 is 17.4 Å². The molecule has 0 radical (unpaired) electrons. The molecule has 0 bridgehead atoms. The van der Waals surface area contributed by atoms with Gasteiger partial charge in [-0.1, -0.05) is 19.9 Å². The molecule has 0 aliphatic carbocycles. The van der Waals surface area contributed by atoms with E-state index in [1.807, 2.05) is 27.7 Å². The number of likely N-dealkylation sites (tertiary alicyclic amines) is 1. The van der Waals surface area contributed by atoms with Gasteiger partial charge in [-0.05, 0) is 49.6 Å². The lowest BCUT2D eigenvalue weighted by atomic mass is 9.94. The topological polar surface area (TPSA) is 104 Å². The molecule has 0 saturated carbocycles. The highest BCUT2D eigenvalue weighted by atomic mass is 16.5.